The van der Waals surface area contributed by atoms with E-state index < -0.39 is 6.10 Å². The number of hydrogen-bond acceptors (Lipinski definition) is 3. The molecule has 1 heterocycles. The van der Waals surface area contributed by atoms with Crippen molar-refractivity contribution in [1.29, 1.82) is 0 Å². The second-order valence-corrected chi connectivity index (χ2v) is 10.6. The highest BCUT2D eigenvalue weighted by atomic mass is 19.1. The fourth-order valence-electron chi connectivity index (χ4n) is 5.47. The molecule has 1 aliphatic carbocycles. The molecule has 1 fully saturated rings. The Morgan fingerprint density at radius 2 is 2.00 bits per heavy atom. The van der Waals surface area contributed by atoms with Crippen LogP contribution in [0, 0.1) is 16.6 Å². The smallest absolute Gasteiger partial charge is 0.308 e. The molecular formula is C27H37FO3. The first-order valence-corrected chi connectivity index (χ1v) is 11.6. The molecule has 1 N–H and O–H groups in total. The highest BCUT2D eigenvalue weighted by Crippen LogP contribution is 2.52. The van der Waals surface area contributed by atoms with Gasteiger partial charge in [-0.15, -0.1) is 0 Å². The molecule has 3 rings (SSSR count). The van der Waals surface area contributed by atoms with Gasteiger partial charge < -0.3 is 9.84 Å². The predicted molar refractivity (Wildman–Crippen MR) is 123 cm³/mol. The lowest BCUT2D eigenvalue weighted by atomic mass is 9.61. The van der Waals surface area contributed by atoms with Crippen molar-refractivity contribution in [1.82, 2.24) is 0 Å². The van der Waals surface area contributed by atoms with E-state index in [0.29, 0.717) is 19.3 Å². The van der Waals surface area contributed by atoms with E-state index >= 15 is 0 Å². The maximum Gasteiger partial charge on any atom is 0.308 e. The third-order valence-corrected chi connectivity index (χ3v) is 6.58. The summed E-state index contributed by atoms with van der Waals surface area (Å²) < 4.78 is 19.5. The second-order valence-electron chi connectivity index (χ2n) is 10.6. The van der Waals surface area contributed by atoms with Crippen LogP contribution in [0.1, 0.15) is 84.3 Å². The summed E-state index contributed by atoms with van der Waals surface area (Å²) in [5.74, 6) is -0.445. The summed E-state index contributed by atoms with van der Waals surface area (Å²) >= 11 is 0. The summed E-state index contributed by atoms with van der Waals surface area (Å²) in [4.78, 5) is 11.6. The number of allylic oxidation sites excluding steroid dienone is 4. The highest BCUT2D eigenvalue weighted by molar-refractivity contribution is 5.74. The molecule has 0 bridgehead atoms. The molecule has 1 aromatic rings. The number of cyclic esters (lactones) is 1. The van der Waals surface area contributed by atoms with E-state index in [0.717, 1.165) is 30.4 Å². The van der Waals surface area contributed by atoms with Gasteiger partial charge in [-0.1, -0.05) is 52.8 Å². The van der Waals surface area contributed by atoms with E-state index in [1.165, 1.54) is 11.1 Å². The minimum Gasteiger partial charge on any atom is -0.462 e. The summed E-state index contributed by atoms with van der Waals surface area (Å²) in [5, 5.41) is 9.80. The van der Waals surface area contributed by atoms with Gasteiger partial charge in [-0.3, -0.25) is 4.79 Å². The van der Waals surface area contributed by atoms with Crippen molar-refractivity contribution in [3.63, 3.8) is 0 Å². The van der Waals surface area contributed by atoms with Crippen molar-refractivity contribution in [2.24, 2.45) is 10.8 Å². The number of carbonyl (C=O) groups excluding carboxylic acids is 1. The van der Waals surface area contributed by atoms with Crippen LogP contribution in [0.5, 0.6) is 0 Å². The number of aryl methyl sites for hydroxylation is 1. The molecule has 3 nitrogen and oxygen atoms in total. The van der Waals surface area contributed by atoms with Gasteiger partial charge >= 0.3 is 5.97 Å². The topological polar surface area (TPSA) is 46.5 Å². The van der Waals surface area contributed by atoms with Crippen LogP contribution in [0.25, 0.3) is 5.57 Å². The maximum atomic E-state index is 14.1. The summed E-state index contributed by atoms with van der Waals surface area (Å²) in [7, 11) is 0. The first-order valence-electron chi connectivity index (χ1n) is 11.6. The van der Waals surface area contributed by atoms with E-state index in [4.69, 9.17) is 4.74 Å². The molecular weight excluding hydrogens is 391 g/mol. The summed E-state index contributed by atoms with van der Waals surface area (Å²) in [6.07, 6.45) is 8.41. The average molecular weight is 429 g/mol. The summed E-state index contributed by atoms with van der Waals surface area (Å²) in [6, 6.07) is 5.52. The quantitative estimate of drug-likeness (QED) is 0.534. The van der Waals surface area contributed by atoms with Gasteiger partial charge in [0.2, 0.25) is 0 Å². The van der Waals surface area contributed by atoms with Crippen molar-refractivity contribution >= 4 is 11.5 Å². The Kier molecular flexibility index (Phi) is 7.10. The van der Waals surface area contributed by atoms with E-state index in [-0.39, 0.29) is 35.1 Å². The Morgan fingerprint density at radius 3 is 2.68 bits per heavy atom. The lowest BCUT2D eigenvalue weighted by Gasteiger charge is -2.43. The van der Waals surface area contributed by atoms with Crippen LogP contribution in [0.15, 0.2) is 35.9 Å². The van der Waals surface area contributed by atoms with E-state index in [9.17, 15) is 14.3 Å². The number of aliphatic hydroxyl groups is 1. The standard InChI is InChI=1S/C27H37FO3/c1-6-18-13-19(11-12-24(18)28)22-16-26(2,3)17-27(4,5)23(22)10-8-7-9-21-14-20(29)15-25(30)31-21/h8,10-13,20-21,29H,6-7,9,14-17H2,1-5H3/b10-8+/t20-,21-/m1/s1. The van der Waals surface area contributed by atoms with Crippen LogP contribution in [-0.2, 0) is 16.0 Å². The molecule has 0 amide bonds. The van der Waals surface area contributed by atoms with Gasteiger partial charge in [0, 0.05) is 6.42 Å². The number of esters is 1. The molecule has 0 aromatic heterocycles. The van der Waals surface area contributed by atoms with Gasteiger partial charge in [0.25, 0.3) is 0 Å². The molecule has 0 radical (unpaired) electrons. The van der Waals surface area contributed by atoms with Gasteiger partial charge in [-0.2, -0.15) is 0 Å². The van der Waals surface area contributed by atoms with Crippen LogP contribution in [0.4, 0.5) is 4.39 Å². The first-order chi connectivity index (χ1) is 14.5. The predicted octanol–water partition coefficient (Wildman–Crippen LogP) is 6.39. The molecule has 4 heteroatoms. The zero-order valence-corrected chi connectivity index (χ0v) is 19.6. The van der Waals surface area contributed by atoms with Crippen molar-refractivity contribution in [3.05, 3.63) is 52.9 Å². The number of carbonyl (C=O) groups is 1. The molecule has 31 heavy (non-hydrogen) atoms. The Hall–Kier alpha value is -1.94. The second kappa shape index (κ2) is 9.28. The largest absolute Gasteiger partial charge is 0.462 e. The first kappa shape index (κ1) is 23.7. The molecule has 1 aliphatic heterocycles. The lowest BCUT2D eigenvalue weighted by Crippen LogP contribution is -2.32. The number of ether oxygens (including phenoxy) is 1. The van der Waals surface area contributed by atoms with Crippen LogP contribution >= 0.6 is 0 Å². The zero-order valence-electron chi connectivity index (χ0n) is 19.6. The minimum absolute atomic E-state index is 0.00183. The van der Waals surface area contributed by atoms with Gasteiger partial charge in [0.1, 0.15) is 11.9 Å². The molecule has 2 aliphatic rings. The van der Waals surface area contributed by atoms with Gasteiger partial charge in [0.05, 0.1) is 12.5 Å². The number of aliphatic hydroxyl groups excluding tert-OH is 1. The molecule has 1 aromatic carbocycles. The van der Waals surface area contributed by atoms with Crippen molar-refractivity contribution in [2.75, 3.05) is 0 Å². The fraction of sp³-hybridized carbons (Fsp3) is 0.593. The lowest BCUT2D eigenvalue weighted by molar-refractivity contribution is -0.160. The Morgan fingerprint density at radius 1 is 1.26 bits per heavy atom. The fourth-order valence-corrected chi connectivity index (χ4v) is 5.47. The third-order valence-electron chi connectivity index (χ3n) is 6.58. The SMILES string of the molecule is CCc1cc(C2=C(/C=C/CC[C@@H]3C[C@@H](O)CC(=O)O3)C(C)(C)CC(C)(C)C2)ccc1F. The van der Waals surface area contributed by atoms with E-state index in [2.05, 4.69) is 39.8 Å². The molecule has 170 valence electrons. The molecule has 0 saturated carbocycles. The van der Waals surface area contributed by atoms with Crippen LogP contribution in [0.2, 0.25) is 0 Å². The van der Waals surface area contributed by atoms with Crippen LogP contribution in [-0.4, -0.2) is 23.3 Å². The zero-order chi connectivity index (χ0) is 22.8. The monoisotopic (exact) mass is 428 g/mol. The summed E-state index contributed by atoms with van der Waals surface area (Å²) in [5.41, 5.74) is 4.65. The number of benzene rings is 1. The highest BCUT2D eigenvalue weighted by Gasteiger charge is 2.38. The van der Waals surface area contributed by atoms with E-state index in [1.54, 1.807) is 6.07 Å². The Bertz CT molecular complexity index is 878. The Balaban J connectivity index is 1.86. The third kappa shape index (κ3) is 5.85. The average Bonchev–Trinajstić information content (AvgIpc) is 2.64. The molecule has 0 spiro atoms. The Labute approximate surface area is 186 Å². The van der Waals surface area contributed by atoms with Gasteiger partial charge in [0.15, 0.2) is 0 Å². The van der Waals surface area contributed by atoms with Crippen molar-refractivity contribution in [3.8, 4) is 0 Å². The van der Waals surface area contributed by atoms with Crippen molar-refractivity contribution in [2.45, 2.75) is 91.8 Å². The number of hydrogen-bond donors (Lipinski definition) is 1. The van der Waals surface area contributed by atoms with E-state index in [1.807, 2.05) is 19.1 Å². The van der Waals surface area contributed by atoms with Crippen LogP contribution < -0.4 is 0 Å². The van der Waals surface area contributed by atoms with Crippen LogP contribution in [0.3, 0.4) is 0 Å². The van der Waals surface area contributed by atoms with Crippen molar-refractivity contribution < 1.29 is 19.0 Å². The molecule has 1 saturated heterocycles. The minimum atomic E-state index is -0.588. The number of rotatable bonds is 6. The normalized spacial score (nSPS) is 25.7. The summed E-state index contributed by atoms with van der Waals surface area (Å²) in [6.45, 7) is 11.2. The van der Waals surface area contributed by atoms with Gasteiger partial charge in [-0.25, -0.2) is 4.39 Å². The molecule has 0 unspecified atom stereocenters. The maximum absolute atomic E-state index is 14.1. The van der Waals surface area contributed by atoms with Gasteiger partial charge in [-0.05, 0) is 77.3 Å². The number of halogens is 1. The molecule has 2 atom stereocenters.